The number of rotatable bonds is 5. The van der Waals surface area contributed by atoms with Crippen LogP contribution in [0.4, 0.5) is 0 Å². The standard InChI is InChI=1S/C14H28N4O3S.HI/c1-14(6-4-8-21-14)11-17-13(15-2)16-9-12-5-7-18(10-12)22(3,19)20;/h12H,4-11H2,1-3H3,(H2,15,16,17);1H. The fraction of sp³-hybridized carbons (Fsp3) is 0.929. The van der Waals surface area contributed by atoms with E-state index in [9.17, 15) is 8.42 Å². The van der Waals surface area contributed by atoms with Gasteiger partial charge in [0, 0.05) is 39.8 Å². The molecule has 0 amide bonds. The first kappa shape index (κ1) is 20.9. The second-order valence-corrected chi connectivity index (χ2v) is 8.47. The fourth-order valence-corrected chi connectivity index (χ4v) is 3.89. The number of hydrogen-bond acceptors (Lipinski definition) is 4. The molecule has 0 spiro atoms. The minimum Gasteiger partial charge on any atom is -0.373 e. The molecule has 0 aromatic rings. The number of aliphatic imine (C=N–C) groups is 1. The fourth-order valence-electron chi connectivity index (χ4n) is 2.97. The van der Waals surface area contributed by atoms with Gasteiger partial charge in [-0.15, -0.1) is 24.0 Å². The Kier molecular flexibility index (Phi) is 8.02. The Morgan fingerprint density at radius 1 is 1.43 bits per heavy atom. The normalized spacial score (nSPS) is 29.3. The van der Waals surface area contributed by atoms with Crippen LogP contribution in [0.5, 0.6) is 0 Å². The van der Waals surface area contributed by atoms with Crippen LogP contribution >= 0.6 is 24.0 Å². The van der Waals surface area contributed by atoms with Gasteiger partial charge < -0.3 is 15.4 Å². The van der Waals surface area contributed by atoms with Crippen molar-refractivity contribution >= 4 is 40.0 Å². The topological polar surface area (TPSA) is 83.0 Å². The zero-order chi connectivity index (χ0) is 16.2. The first-order valence-corrected chi connectivity index (χ1v) is 9.71. The van der Waals surface area contributed by atoms with Crippen LogP contribution < -0.4 is 10.6 Å². The molecule has 2 rings (SSSR count). The molecule has 7 nitrogen and oxygen atoms in total. The number of sulfonamides is 1. The number of halogens is 1. The molecular formula is C14H29IN4O3S. The summed E-state index contributed by atoms with van der Waals surface area (Å²) in [6.07, 6.45) is 4.32. The van der Waals surface area contributed by atoms with Crippen molar-refractivity contribution < 1.29 is 13.2 Å². The lowest BCUT2D eigenvalue weighted by atomic mass is 10.0. The third kappa shape index (κ3) is 6.35. The van der Waals surface area contributed by atoms with Crippen LogP contribution in [0.1, 0.15) is 26.2 Å². The maximum absolute atomic E-state index is 11.5. The van der Waals surface area contributed by atoms with Gasteiger partial charge in [0.1, 0.15) is 0 Å². The molecule has 23 heavy (non-hydrogen) atoms. The van der Waals surface area contributed by atoms with E-state index < -0.39 is 10.0 Å². The van der Waals surface area contributed by atoms with Crippen molar-refractivity contribution in [1.29, 1.82) is 0 Å². The second kappa shape index (κ2) is 8.82. The Hall–Kier alpha value is -0.130. The van der Waals surface area contributed by atoms with Crippen LogP contribution in [0, 0.1) is 5.92 Å². The predicted molar refractivity (Wildman–Crippen MR) is 103 cm³/mol. The van der Waals surface area contributed by atoms with Crippen LogP contribution in [0.15, 0.2) is 4.99 Å². The average molecular weight is 460 g/mol. The number of ether oxygens (including phenoxy) is 1. The summed E-state index contributed by atoms with van der Waals surface area (Å²) in [5.41, 5.74) is -0.113. The second-order valence-electron chi connectivity index (χ2n) is 6.48. The lowest BCUT2D eigenvalue weighted by molar-refractivity contribution is 0.0242. The zero-order valence-electron chi connectivity index (χ0n) is 14.2. The van der Waals surface area contributed by atoms with Gasteiger partial charge in [-0.25, -0.2) is 12.7 Å². The van der Waals surface area contributed by atoms with Gasteiger partial charge in [0.05, 0.1) is 11.9 Å². The lowest BCUT2D eigenvalue weighted by Gasteiger charge is -2.25. The van der Waals surface area contributed by atoms with Gasteiger partial charge in [0.25, 0.3) is 0 Å². The summed E-state index contributed by atoms with van der Waals surface area (Å²) in [6.45, 7) is 5.59. The first-order valence-electron chi connectivity index (χ1n) is 7.86. The van der Waals surface area contributed by atoms with E-state index in [1.165, 1.54) is 6.26 Å². The van der Waals surface area contributed by atoms with Gasteiger partial charge in [0.2, 0.25) is 10.0 Å². The monoisotopic (exact) mass is 460 g/mol. The summed E-state index contributed by atoms with van der Waals surface area (Å²) in [4.78, 5) is 4.22. The van der Waals surface area contributed by atoms with Gasteiger partial charge in [0.15, 0.2) is 5.96 Å². The van der Waals surface area contributed by atoms with Crippen molar-refractivity contribution in [1.82, 2.24) is 14.9 Å². The smallest absolute Gasteiger partial charge is 0.211 e. The number of guanidine groups is 1. The minimum atomic E-state index is -3.07. The van der Waals surface area contributed by atoms with Crippen molar-refractivity contribution in [2.75, 3.05) is 46.1 Å². The minimum absolute atomic E-state index is 0. The summed E-state index contributed by atoms with van der Waals surface area (Å²) < 4.78 is 30.3. The molecule has 2 saturated heterocycles. The van der Waals surface area contributed by atoms with Crippen molar-refractivity contribution in [3.05, 3.63) is 0 Å². The van der Waals surface area contributed by atoms with E-state index in [0.29, 0.717) is 19.0 Å². The van der Waals surface area contributed by atoms with E-state index >= 15 is 0 Å². The zero-order valence-corrected chi connectivity index (χ0v) is 17.3. The molecule has 136 valence electrons. The lowest BCUT2D eigenvalue weighted by Crippen LogP contribution is -2.46. The SMILES string of the molecule is CN=C(NCC1CCN(S(C)(=O)=O)C1)NCC1(C)CCCO1.I. The van der Waals surface area contributed by atoms with E-state index in [0.717, 1.165) is 44.9 Å². The Morgan fingerprint density at radius 3 is 2.70 bits per heavy atom. The molecular weight excluding hydrogens is 431 g/mol. The molecule has 0 aromatic heterocycles. The molecule has 0 aromatic carbocycles. The summed E-state index contributed by atoms with van der Waals surface area (Å²) >= 11 is 0. The van der Waals surface area contributed by atoms with Crippen LogP contribution in [0.2, 0.25) is 0 Å². The molecule has 2 heterocycles. The van der Waals surface area contributed by atoms with Gasteiger partial charge in [-0.2, -0.15) is 0 Å². The van der Waals surface area contributed by atoms with Crippen LogP contribution in [-0.2, 0) is 14.8 Å². The molecule has 0 aliphatic carbocycles. The maximum atomic E-state index is 11.5. The molecule has 2 fully saturated rings. The van der Waals surface area contributed by atoms with Crippen molar-refractivity contribution in [3.63, 3.8) is 0 Å². The Morgan fingerprint density at radius 2 is 2.17 bits per heavy atom. The van der Waals surface area contributed by atoms with E-state index in [-0.39, 0.29) is 29.6 Å². The van der Waals surface area contributed by atoms with Gasteiger partial charge in [-0.3, -0.25) is 4.99 Å². The molecule has 9 heteroatoms. The predicted octanol–water partition coefficient (Wildman–Crippen LogP) is 0.620. The average Bonchev–Trinajstić information content (AvgIpc) is 3.08. The summed E-state index contributed by atoms with van der Waals surface area (Å²) in [7, 11) is -1.33. The summed E-state index contributed by atoms with van der Waals surface area (Å²) in [5, 5.41) is 6.59. The van der Waals surface area contributed by atoms with Crippen molar-refractivity contribution in [2.45, 2.75) is 31.8 Å². The quantitative estimate of drug-likeness (QED) is 0.357. The molecule has 2 N–H and O–H groups in total. The maximum Gasteiger partial charge on any atom is 0.211 e. The van der Waals surface area contributed by atoms with Crippen LogP contribution in [0.3, 0.4) is 0 Å². The first-order chi connectivity index (χ1) is 10.3. The van der Waals surface area contributed by atoms with Crippen molar-refractivity contribution in [3.8, 4) is 0 Å². The Bertz CT molecular complexity index is 506. The van der Waals surface area contributed by atoms with E-state index in [1.807, 2.05) is 0 Å². The summed E-state index contributed by atoms with van der Waals surface area (Å²) in [5.74, 6) is 1.07. The Balaban J connectivity index is 0.00000264. The molecule has 2 atom stereocenters. The van der Waals surface area contributed by atoms with Gasteiger partial charge in [-0.1, -0.05) is 0 Å². The van der Waals surface area contributed by atoms with Gasteiger partial charge >= 0.3 is 0 Å². The highest BCUT2D eigenvalue weighted by molar-refractivity contribution is 14.0. The highest BCUT2D eigenvalue weighted by atomic mass is 127. The number of nitrogens with one attached hydrogen (secondary N) is 2. The van der Waals surface area contributed by atoms with Gasteiger partial charge in [-0.05, 0) is 32.1 Å². The summed E-state index contributed by atoms with van der Waals surface area (Å²) in [6, 6.07) is 0. The molecule has 2 aliphatic rings. The molecule has 0 bridgehead atoms. The third-order valence-corrected chi connectivity index (χ3v) is 5.70. The Labute approximate surface area is 156 Å². The molecule has 2 unspecified atom stereocenters. The van der Waals surface area contributed by atoms with E-state index in [4.69, 9.17) is 4.74 Å². The highest BCUT2D eigenvalue weighted by Gasteiger charge is 2.30. The molecule has 0 radical (unpaired) electrons. The van der Waals surface area contributed by atoms with Crippen LogP contribution in [-0.4, -0.2) is 70.4 Å². The highest BCUT2D eigenvalue weighted by Crippen LogP contribution is 2.23. The van der Waals surface area contributed by atoms with E-state index in [1.54, 1.807) is 11.4 Å². The molecule has 2 aliphatic heterocycles. The number of hydrogen-bond donors (Lipinski definition) is 2. The van der Waals surface area contributed by atoms with Crippen molar-refractivity contribution in [2.24, 2.45) is 10.9 Å². The largest absolute Gasteiger partial charge is 0.373 e. The van der Waals surface area contributed by atoms with Crippen LogP contribution in [0.25, 0.3) is 0 Å². The van der Waals surface area contributed by atoms with E-state index in [2.05, 4.69) is 22.5 Å². The third-order valence-electron chi connectivity index (χ3n) is 4.43. The molecule has 0 saturated carbocycles. The number of nitrogens with zero attached hydrogens (tertiary/aromatic N) is 2.